The van der Waals surface area contributed by atoms with E-state index in [1.807, 2.05) is 41.7 Å². The Morgan fingerprint density at radius 3 is 2.73 bits per heavy atom. The maximum Gasteiger partial charge on any atom is 0.243 e. The van der Waals surface area contributed by atoms with Gasteiger partial charge in [0, 0.05) is 31.4 Å². The highest BCUT2D eigenvalue weighted by Crippen LogP contribution is 2.24. The molecule has 1 saturated heterocycles. The molecular weight excluding hydrogens is 344 g/mol. The van der Waals surface area contributed by atoms with E-state index in [9.17, 15) is 4.79 Å². The molecule has 0 radical (unpaired) electrons. The Bertz CT molecular complexity index is 675. The Morgan fingerprint density at radius 1 is 1.27 bits per heavy atom. The third kappa shape index (κ3) is 5.16. The maximum atomic E-state index is 12.2. The van der Waals surface area contributed by atoms with E-state index in [1.165, 1.54) is 4.88 Å². The highest BCUT2D eigenvalue weighted by Gasteiger charge is 2.32. The summed E-state index contributed by atoms with van der Waals surface area (Å²) < 4.78 is 0. The Kier molecular flexibility index (Phi) is 6.83. The van der Waals surface area contributed by atoms with Crippen LogP contribution in [0, 0.1) is 5.92 Å². The fourth-order valence-electron chi connectivity index (χ4n) is 3.63. The van der Waals surface area contributed by atoms with E-state index in [4.69, 9.17) is 4.84 Å². The molecule has 26 heavy (non-hydrogen) atoms. The predicted octanol–water partition coefficient (Wildman–Crippen LogP) is 3.98. The number of rotatable bonds is 7. The smallest absolute Gasteiger partial charge is 0.243 e. The number of piperidine rings is 1. The molecule has 4 nitrogen and oxygen atoms in total. The van der Waals surface area contributed by atoms with Gasteiger partial charge in [0.1, 0.15) is 6.61 Å². The molecule has 2 atom stereocenters. The molecule has 140 valence electrons. The summed E-state index contributed by atoms with van der Waals surface area (Å²) in [5.74, 6) is 0.386. The molecule has 0 saturated carbocycles. The summed E-state index contributed by atoms with van der Waals surface area (Å²) in [6.45, 7) is 7.37. The first-order valence-corrected chi connectivity index (χ1v) is 10.2. The summed E-state index contributed by atoms with van der Waals surface area (Å²) in [7, 11) is 0. The molecule has 1 amide bonds. The van der Waals surface area contributed by atoms with Gasteiger partial charge < -0.3 is 4.90 Å². The fourth-order valence-corrected chi connectivity index (χ4v) is 4.33. The van der Waals surface area contributed by atoms with Crippen LogP contribution in [0.1, 0.15) is 30.7 Å². The monoisotopic (exact) mass is 372 g/mol. The average molecular weight is 373 g/mol. The van der Waals surface area contributed by atoms with Gasteiger partial charge in [-0.3, -0.25) is 9.63 Å². The van der Waals surface area contributed by atoms with Crippen molar-refractivity contribution in [3.8, 4) is 0 Å². The second kappa shape index (κ2) is 9.31. The van der Waals surface area contributed by atoms with Gasteiger partial charge in [-0.15, -0.1) is 11.3 Å². The molecule has 0 spiro atoms. The standard InChI is InChI=1S/C21H28N2O2S/c1-17-15-22(12-10-20-9-6-14-26-20)13-11-21(17)23(18(2)24)25-16-19-7-4-3-5-8-19/h3-9,14,17,21H,10-13,15-16H2,1-2H3/t17-,21+/m0/s1. The van der Waals surface area contributed by atoms with Gasteiger partial charge in [-0.1, -0.05) is 43.3 Å². The van der Waals surface area contributed by atoms with Crippen molar-refractivity contribution in [1.82, 2.24) is 9.96 Å². The molecular formula is C21H28N2O2S. The van der Waals surface area contributed by atoms with E-state index in [-0.39, 0.29) is 11.9 Å². The number of carbonyl (C=O) groups is 1. The van der Waals surface area contributed by atoms with Gasteiger partial charge in [-0.2, -0.15) is 0 Å². The molecule has 1 aromatic heterocycles. The Hall–Kier alpha value is -1.69. The first kappa shape index (κ1) is 19.1. The van der Waals surface area contributed by atoms with Crippen molar-refractivity contribution in [2.45, 2.75) is 39.3 Å². The predicted molar refractivity (Wildman–Crippen MR) is 106 cm³/mol. The van der Waals surface area contributed by atoms with Gasteiger partial charge in [-0.05, 0) is 35.8 Å². The largest absolute Gasteiger partial charge is 0.303 e. The molecule has 0 unspecified atom stereocenters. The Labute approximate surface area is 160 Å². The highest BCUT2D eigenvalue weighted by molar-refractivity contribution is 7.09. The summed E-state index contributed by atoms with van der Waals surface area (Å²) in [4.78, 5) is 22.0. The molecule has 3 rings (SSSR count). The molecule has 1 aliphatic rings. The zero-order valence-corrected chi connectivity index (χ0v) is 16.5. The van der Waals surface area contributed by atoms with Gasteiger partial charge in [0.25, 0.3) is 0 Å². The highest BCUT2D eigenvalue weighted by atomic mass is 32.1. The zero-order chi connectivity index (χ0) is 18.4. The molecule has 1 fully saturated rings. The lowest BCUT2D eigenvalue weighted by Gasteiger charge is -2.41. The van der Waals surface area contributed by atoms with Crippen molar-refractivity contribution in [3.63, 3.8) is 0 Å². The van der Waals surface area contributed by atoms with Gasteiger partial charge in [0.05, 0.1) is 6.04 Å². The Morgan fingerprint density at radius 2 is 2.08 bits per heavy atom. The SMILES string of the molecule is CC(=O)N(OCc1ccccc1)[C@@H]1CCN(CCc2cccs2)C[C@@H]1C. The van der Waals surface area contributed by atoms with Crippen LogP contribution in [-0.2, 0) is 22.7 Å². The molecule has 5 heteroatoms. The number of hydrogen-bond acceptors (Lipinski definition) is 4. The van der Waals surface area contributed by atoms with Crippen LogP contribution in [-0.4, -0.2) is 41.5 Å². The minimum absolute atomic E-state index is 0.00943. The summed E-state index contributed by atoms with van der Waals surface area (Å²) in [5, 5.41) is 3.76. The fraction of sp³-hybridized carbons (Fsp3) is 0.476. The van der Waals surface area contributed by atoms with Crippen LogP contribution in [0.15, 0.2) is 47.8 Å². The van der Waals surface area contributed by atoms with Gasteiger partial charge >= 0.3 is 0 Å². The molecule has 2 heterocycles. The first-order chi connectivity index (χ1) is 12.6. The molecule has 0 bridgehead atoms. The lowest BCUT2D eigenvalue weighted by molar-refractivity contribution is -0.214. The van der Waals surface area contributed by atoms with Crippen LogP contribution < -0.4 is 0 Å². The second-order valence-corrected chi connectivity index (χ2v) is 8.10. The summed E-state index contributed by atoms with van der Waals surface area (Å²) >= 11 is 1.83. The normalized spacial score (nSPS) is 20.8. The van der Waals surface area contributed by atoms with Crippen molar-refractivity contribution in [2.24, 2.45) is 5.92 Å². The van der Waals surface area contributed by atoms with E-state index in [2.05, 4.69) is 29.3 Å². The number of likely N-dealkylation sites (tertiary alicyclic amines) is 1. The number of thiophene rings is 1. The summed E-state index contributed by atoms with van der Waals surface area (Å²) in [5.41, 5.74) is 1.08. The van der Waals surface area contributed by atoms with Crippen LogP contribution in [0.25, 0.3) is 0 Å². The second-order valence-electron chi connectivity index (χ2n) is 7.07. The summed E-state index contributed by atoms with van der Waals surface area (Å²) in [6, 6.07) is 14.5. The van der Waals surface area contributed by atoms with E-state index in [0.717, 1.165) is 38.0 Å². The first-order valence-electron chi connectivity index (χ1n) is 9.35. The molecule has 0 aliphatic carbocycles. The number of amides is 1. The number of hydrogen-bond donors (Lipinski definition) is 0. The lowest BCUT2D eigenvalue weighted by atomic mass is 9.93. The van der Waals surface area contributed by atoms with E-state index < -0.39 is 0 Å². The van der Waals surface area contributed by atoms with E-state index >= 15 is 0 Å². The van der Waals surface area contributed by atoms with Crippen molar-refractivity contribution in [1.29, 1.82) is 0 Å². The van der Waals surface area contributed by atoms with Crippen molar-refractivity contribution >= 4 is 17.2 Å². The van der Waals surface area contributed by atoms with Crippen LogP contribution in [0.2, 0.25) is 0 Å². The minimum atomic E-state index is -0.00943. The van der Waals surface area contributed by atoms with E-state index in [1.54, 1.807) is 12.0 Å². The van der Waals surface area contributed by atoms with E-state index in [0.29, 0.717) is 12.5 Å². The lowest BCUT2D eigenvalue weighted by Crippen LogP contribution is -2.51. The number of hydroxylamine groups is 2. The molecule has 1 aliphatic heterocycles. The number of nitrogens with zero attached hydrogens (tertiary/aromatic N) is 2. The third-order valence-corrected chi connectivity index (χ3v) is 5.96. The topological polar surface area (TPSA) is 32.8 Å². The maximum absolute atomic E-state index is 12.2. The zero-order valence-electron chi connectivity index (χ0n) is 15.6. The Balaban J connectivity index is 1.52. The molecule has 0 N–H and O–H groups in total. The molecule has 1 aromatic carbocycles. The number of benzene rings is 1. The van der Waals surface area contributed by atoms with Gasteiger partial charge in [0.15, 0.2) is 0 Å². The average Bonchev–Trinajstić information content (AvgIpc) is 3.16. The summed E-state index contributed by atoms with van der Waals surface area (Å²) in [6.07, 6.45) is 2.07. The van der Waals surface area contributed by atoms with Crippen LogP contribution in [0.5, 0.6) is 0 Å². The molecule has 2 aromatic rings. The minimum Gasteiger partial charge on any atom is -0.303 e. The quantitative estimate of drug-likeness (QED) is 0.689. The van der Waals surface area contributed by atoms with Crippen molar-refractivity contribution in [3.05, 3.63) is 58.3 Å². The van der Waals surface area contributed by atoms with Crippen molar-refractivity contribution < 1.29 is 9.63 Å². The van der Waals surface area contributed by atoms with Gasteiger partial charge in [0.2, 0.25) is 5.91 Å². The van der Waals surface area contributed by atoms with Crippen LogP contribution >= 0.6 is 11.3 Å². The number of carbonyl (C=O) groups excluding carboxylic acids is 1. The van der Waals surface area contributed by atoms with Crippen LogP contribution in [0.3, 0.4) is 0 Å². The van der Waals surface area contributed by atoms with Crippen LogP contribution in [0.4, 0.5) is 0 Å². The third-order valence-electron chi connectivity index (χ3n) is 5.02. The van der Waals surface area contributed by atoms with Crippen molar-refractivity contribution in [2.75, 3.05) is 19.6 Å². The van der Waals surface area contributed by atoms with Gasteiger partial charge in [-0.25, -0.2) is 5.06 Å².